The molecule has 0 saturated carbocycles. The number of likely N-dealkylation sites (N-methyl/N-ethyl adjacent to an activating group) is 1. The number of aromatic amines is 1. The number of nitrogens with two attached hydrogens (primary N) is 1. The van der Waals surface area contributed by atoms with Crippen molar-refractivity contribution in [1.29, 1.82) is 0 Å². The summed E-state index contributed by atoms with van der Waals surface area (Å²) in [6.45, 7) is 6.05. The summed E-state index contributed by atoms with van der Waals surface area (Å²) in [5, 5.41) is 3.95. The predicted octanol–water partition coefficient (Wildman–Crippen LogP) is 2.89. The average Bonchev–Trinajstić information content (AvgIpc) is 2.85. The Morgan fingerprint density at radius 2 is 1.83 bits per heavy atom. The van der Waals surface area contributed by atoms with Crippen molar-refractivity contribution in [3.8, 4) is 5.75 Å². The minimum Gasteiger partial charge on any atom is -0.494 e. The lowest BCUT2D eigenvalue weighted by Crippen LogP contribution is -2.44. The van der Waals surface area contributed by atoms with Crippen molar-refractivity contribution >= 4 is 28.5 Å². The Balaban J connectivity index is 1.35. The van der Waals surface area contributed by atoms with E-state index in [9.17, 15) is 13.6 Å². The monoisotopic (exact) mass is 482 g/mol. The molecule has 4 rings (SSSR count). The number of hydrogen-bond donors (Lipinski definition) is 2. The van der Waals surface area contributed by atoms with Gasteiger partial charge >= 0.3 is 0 Å². The molecule has 10 heteroatoms. The summed E-state index contributed by atoms with van der Waals surface area (Å²) in [6, 6.07) is 10.5. The van der Waals surface area contributed by atoms with E-state index < -0.39 is 17.2 Å². The third-order valence-corrected chi connectivity index (χ3v) is 5.96. The van der Waals surface area contributed by atoms with E-state index in [0.29, 0.717) is 17.7 Å². The number of ether oxygens (including phenoxy) is 1. The van der Waals surface area contributed by atoms with Crippen LogP contribution in [-0.4, -0.2) is 73.1 Å². The Hall–Kier alpha value is -3.63. The smallest absolute Gasteiger partial charge is 0.258 e. The predicted molar refractivity (Wildman–Crippen MR) is 134 cm³/mol. The molecule has 3 N–H and O–H groups in total. The molecular weight excluding hydrogens is 454 g/mol. The maximum absolute atomic E-state index is 13.6. The van der Waals surface area contributed by atoms with Crippen LogP contribution in [-0.2, 0) is 0 Å². The van der Waals surface area contributed by atoms with Crippen molar-refractivity contribution in [3.05, 3.63) is 70.0 Å². The van der Waals surface area contributed by atoms with E-state index in [1.165, 1.54) is 12.3 Å². The first kappa shape index (κ1) is 24.5. The highest BCUT2D eigenvalue weighted by atomic mass is 19.2. The molecule has 0 spiro atoms. The van der Waals surface area contributed by atoms with Crippen LogP contribution >= 0.6 is 0 Å². The zero-order valence-electron chi connectivity index (χ0n) is 19.5. The van der Waals surface area contributed by atoms with Crippen molar-refractivity contribution in [2.45, 2.75) is 6.42 Å². The number of rotatable bonds is 8. The van der Waals surface area contributed by atoms with Crippen molar-refractivity contribution in [3.63, 3.8) is 0 Å². The molecule has 1 aliphatic rings. The molecule has 0 radical (unpaired) electrons. The lowest BCUT2D eigenvalue weighted by Gasteiger charge is -2.32. The van der Waals surface area contributed by atoms with Gasteiger partial charge in [0.1, 0.15) is 11.5 Å². The number of H-pyrrole nitrogens is 1. The van der Waals surface area contributed by atoms with Crippen molar-refractivity contribution in [2.24, 2.45) is 15.9 Å². The molecule has 8 nitrogen and oxygen atoms in total. The van der Waals surface area contributed by atoms with Gasteiger partial charge in [0, 0.05) is 44.2 Å². The van der Waals surface area contributed by atoms with Gasteiger partial charge in [0.15, 0.2) is 11.6 Å². The van der Waals surface area contributed by atoms with Crippen LogP contribution < -0.4 is 16.1 Å². The molecule has 0 bridgehead atoms. The van der Waals surface area contributed by atoms with Crippen molar-refractivity contribution in [2.75, 3.05) is 46.4 Å². The van der Waals surface area contributed by atoms with Crippen LogP contribution in [0.5, 0.6) is 5.75 Å². The van der Waals surface area contributed by atoms with Gasteiger partial charge in [-0.2, -0.15) is 5.10 Å². The van der Waals surface area contributed by atoms with Gasteiger partial charge in [-0.15, -0.1) is 0 Å². The Morgan fingerprint density at radius 3 is 2.54 bits per heavy atom. The topological polar surface area (TPSA) is 99.3 Å². The van der Waals surface area contributed by atoms with Gasteiger partial charge in [-0.3, -0.25) is 9.79 Å². The number of pyridine rings is 1. The van der Waals surface area contributed by atoms with E-state index in [4.69, 9.17) is 10.6 Å². The van der Waals surface area contributed by atoms with Crippen LogP contribution in [0.1, 0.15) is 12.0 Å². The molecule has 0 aliphatic carbocycles. The minimum absolute atomic E-state index is 0.0927. The first-order valence-corrected chi connectivity index (χ1v) is 11.4. The molecule has 2 heterocycles. The first-order chi connectivity index (χ1) is 16.9. The summed E-state index contributed by atoms with van der Waals surface area (Å²) in [6.07, 6.45) is 2.30. The average molecular weight is 483 g/mol. The summed E-state index contributed by atoms with van der Waals surface area (Å²) in [5.74, 6) is 4.16. The van der Waals surface area contributed by atoms with E-state index >= 15 is 0 Å². The van der Waals surface area contributed by atoms with Gasteiger partial charge in [-0.1, -0.05) is 0 Å². The van der Waals surface area contributed by atoms with Crippen molar-refractivity contribution < 1.29 is 13.5 Å². The van der Waals surface area contributed by atoms with Gasteiger partial charge in [0.2, 0.25) is 0 Å². The fourth-order valence-electron chi connectivity index (χ4n) is 3.88. The number of aromatic nitrogens is 1. The molecule has 0 atom stereocenters. The van der Waals surface area contributed by atoms with Crippen LogP contribution in [0.2, 0.25) is 0 Å². The second-order valence-electron chi connectivity index (χ2n) is 8.48. The molecule has 1 aromatic heterocycles. The Kier molecular flexibility index (Phi) is 7.84. The van der Waals surface area contributed by atoms with Crippen LogP contribution in [0, 0.1) is 11.6 Å². The number of nitrogens with zero attached hydrogens (tertiary/aromatic N) is 4. The van der Waals surface area contributed by atoms with E-state index in [0.717, 1.165) is 57.0 Å². The van der Waals surface area contributed by atoms with E-state index in [-0.39, 0.29) is 16.8 Å². The highest BCUT2D eigenvalue weighted by molar-refractivity contribution is 6.38. The van der Waals surface area contributed by atoms with Crippen molar-refractivity contribution in [1.82, 2.24) is 14.8 Å². The summed E-state index contributed by atoms with van der Waals surface area (Å²) >= 11 is 0. The molecule has 0 unspecified atom stereocenters. The quantitative estimate of drug-likeness (QED) is 0.223. The Labute approximate surface area is 201 Å². The zero-order chi connectivity index (χ0) is 24.8. The number of halogens is 2. The molecule has 184 valence electrons. The number of aliphatic imine (C=N–C) groups is 1. The van der Waals surface area contributed by atoms with Gasteiger partial charge in [0.25, 0.3) is 5.56 Å². The molecule has 35 heavy (non-hydrogen) atoms. The highest BCUT2D eigenvalue weighted by Crippen LogP contribution is 2.19. The fraction of sp³-hybridized carbons (Fsp3) is 0.320. The zero-order valence-corrected chi connectivity index (χ0v) is 19.5. The number of fused-ring (bicyclic) bond motifs is 1. The number of nitrogens with one attached hydrogen (secondary N) is 1. The van der Waals surface area contributed by atoms with Gasteiger partial charge in [0.05, 0.1) is 29.6 Å². The van der Waals surface area contributed by atoms with E-state index in [1.807, 2.05) is 12.1 Å². The van der Waals surface area contributed by atoms with Crippen LogP contribution in [0.4, 0.5) is 14.5 Å². The molecule has 1 fully saturated rings. The van der Waals surface area contributed by atoms with Crippen LogP contribution in [0.15, 0.2) is 57.4 Å². The van der Waals surface area contributed by atoms with E-state index in [2.05, 4.69) is 31.9 Å². The molecule has 1 aliphatic heterocycles. The SMILES string of the molecule is CN1CCN(CCCOc2ccc(N=CC(=NN)c3cc4cc(F)c(F)cc4[nH]c3=O)cc2)CC1. The Morgan fingerprint density at radius 1 is 1.11 bits per heavy atom. The highest BCUT2D eigenvalue weighted by Gasteiger charge is 2.13. The molecule has 3 aromatic rings. The largest absolute Gasteiger partial charge is 0.494 e. The second kappa shape index (κ2) is 11.2. The van der Waals surface area contributed by atoms with Gasteiger partial charge in [-0.25, -0.2) is 8.78 Å². The number of benzene rings is 2. The van der Waals surface area contributed by atoms with Crippen LogP contribution in [0.25, 0.3) is 10.9 Å². The molecule has 1 saturated heterocycles. The summed E-state index contributed by atoms with van der Waals surface area (Å²) in [7, 11) is 2.15. The number of hydrogen-bond acceptors (Lipinski definition) is 7. The third kappa shape index (κ3) is 6.28. The van der Waals surface area contributed by atoms with Crippen LogP contribution in [0.3, 0.4) is 0 Å². The maximum Gasteiger partial charge on any atom is 0.258 e. The van der Waals surface area contributed by atoms with Gasteiger partial charge in [-0.05, 0) is 49.9 Å². The molecule has 0 amide bonds. The fourth-order valence-corrected chi connectivity index (χ4v) is 3.88. The second-order valence-corrected chi connectivity index (χ2v) is 8.48. The number of hydrazone groups is 1. The standard InChI is InChI=1S/C25H28F2N6O2/c1-32-8-10-33(11-9-32)7-2-12-35-19-5-3-18(4-6-19)29-16-24(31-28)20-13-17-14-21(26)22(27)15-23(17)30-25(20)34/h3-6,13-16H,2,7-12,28H2,1H3,(H,30,34). The van der Waals surface area contributed by atoms with E-state index in [1.54, 1.807) is 12.1 Å². The lowest BCUT2D eigenvalue weighted by atomic mass is 10.1. The Bertz CT molecular complexity index is 1280. The summed E-state index contributed by atoms with van der Waals surface area (Å²) < 4.78 is 32.9. The molecular formula is C25H28F2N6O2. The summed E-state index contributed by atoms with van der Waals surface area (Å²) in [5.41, 5.74) is 0.433. The third-order valence-electron chi connectivity index (χ3n) is 5.96. The molecule has 2 aromatic carbocycles. The minimum atomic E-state index is -1.04. The number of piperazine rings is 1. The lowest BCUT2D eigenvalue weighted by molar-refractivity contribution is 0.145. The van der Waals surface area contributed by atoms with Gasteiger partial charge < -0.3 is 25.4 Å². The normalized spacial score (nSPS) is 15.8. The summed E-state index contributed by atoms with van der Waals surface area (Å²) in [4.78, 5) is 24.1. The maximum atomic E-state index is 13.6. The first-order valence-electron chi connectivity index (χ1n) is 11.4.